The van der Waals surface area contributed by atoms with E-state index in [0.29, 0.717) is 24.5 Å². The van der Waals surface area contributed by atoms with Gasteiger partial charge in [-0.1, -0.05) is 41.4 Å². The van der Waals surface area contributed by atoms with E-state index in [-0.39, 0.29) is 22.4 Å². The summed E-state index contributed by atoms with van der Waals surface area (Å²) in [6, 6.07) is 13.8. The number of ether oxygens (including phenoxy) is 1. The van der Waals surface area contributed by atoms with Crippen molar-refractivity contribution < 1.29 is 22.5 Å². The summed E-state index contributed by atoms with van der Waals surface area (Å²) in [5, 5.41) is 6.74. The smallest absolute Gasteiger partial charge is 0.294 e. The van der Waals surface area contributed by atoms with Gasteiger partial charge in [-0.25, -0.2) is 8.42 Å². The molecule has 0 radical (unpaired) electrons. The lowest BCUT2D eigenvalue weighted by Crippen LogP contribution is -2.35. The molecule has 8 nitrogen and oxygen atoms in total. The molecule has 1 amide bonds. The summed E-state index contributed by atoms with van der Waals surface area (Å²) in [6.07, 6.45) is 2.54. The normalized spacial score (nSPS) is 14.8. The van der Waals surface area contributed by atoms with E-state index in [1.165, 1.54) is 16.4 Å². The molecule has 1 saturated heterocycles. The van der Waals surface area contributed by atoms with Crippen molar-refractivity contribution in [1.29, 1.82) is 0 Å². The maximum atomic E-state index is 13.2. The highest BCUT2D eigenvalue weighted by atomic mass is 32.2. The summed E-state index contributed by atoms with van der Waals surface area (Å²) in [5.74, 6) is -0.165. The Hall–Kier alpha value is -3.17. The largest absolute Gasteiger partial charge is 0.489 e. The van der Waals surface area contributed by atoms with E-state index in [9.17, 15) is 13.2 Å². The topological polar surface area (TPSA) is 102 Å². The van der Waals surface area contributed by atoms with Gasteiger partial charge in [-0.2, -0.15) is 4.31 Å². The summed E-state index contributed by atoms with van der Waals surface area (Å²) in [5.41, 5.74) is 2.73. The zero-order chi connectivity index (χ0) is 24.3. The van der Waals surface area contributed by atoms with Gasteiger partial charge in [0.2, 0.25) is 15.8 Å². The Kier molecular flexibility index (Phi) is 7.04. The summed E-state index contributed by atoms with van der Waals surface area (Å²) in [6.45, 7) is 6.69. The monoisotopic (exact) mass is 483 g/mol. The average molecular weight is 484 g/mol. The molecule has 1 aliphatic rings. The Morgan fingerprint density at radius 2 is 1.76 bits per heavy atom. The standard InChI is InChI=1S/C25H29N3O5S/c1-17(2)32-23-12-11-20(34(30,31)28-13-5-4-6-14-28)15-22(23)26-25(29)24-16-21(27-33-24)19-9-7-18(3)8-10-19/h7-12,15-17H,4-6,13-14H2,1-3H3,(H,26,29). The van der Waals surface area contributed by atoms with Crippen molar-refractivity contribution in [1.82, 2.24) is 9.46 Å². The molecule has 1 aliphatic heterocycles. The third-order valence-electron chi connectivity index (χ3n) is 5.60. The van der Waals surface area contributed by atoms with Crippen molar-refractivity contribution in [3.8, 4) is 17.0 Å². The molecule has 0 unspecified atom stereocenters. The number of benzene rings is 2. The number of piperidine rings is 1. The number of hydrogen-bond acceptors (Lipinski definition) is 6. The molecule has 1 aromatic heterocycles. The number of nitrogens with one attached hydrogen (secondary N) is 1. The quantitative estimate of drug-likeness (QED) is 0.515. The van der Waals surface area contributed by atoms with E-state index in [0.717, 1.165) is 30.4 Å². The van der Waals surface area contributed by atoms with Crippen LogP contribution in [0, 0.1) is 6.92 Å². The van der Waals surface area contributed by atoms with Gasteiger partial charge >= 0.3 is 0 Å². The number of sulfonamides is 1. The number of amides is 1. The molecule has 0 spiro atoms. The third-order valence-corrected chi connectivity index (χ3v) is 7.49. The van der Waals surface area contributed by atoms with Gasteiger partial charge in [0.15, 0.2) is 0 Å². The second-order valence-corrected chi connectivity index (χ2v) is 10.6. The molecule has 34 heavy (non-hydrogen) atoms. The SMILES string of the molecule is Cc1ccc(-c2cc(C(=O)Nc3cc(S(=O)(=O)N4CCCCC4)ccc3OC(C)C)on2)cc1. The fourth-order valence-corrected chi connectivity index (χ4v) is 5.35. The minimum absolute atomic E-state index is 0.00960. The third kappa shape index (κ3) is 5.31. The first-order valence-corrected chi connectivity index (χ1v) is 12.8. The zero-order valence-corrected chi connectivity index (χ0v) is 20.4. The highest BCUT2D eigenvalue weighted by molar-refractivity contribution is 7.89. The fourth-order valence-electron chi connectivity index (χ4n) is 3.80. The van der Waals surface area contributed by atoms with Gasteiger partial charge in [0.1, 0.15) is 11.4 Å². The molecule has 1 N–H and O–H groups in total. The molecule has 3 aromatic rings. The van der Waals surface area contributed by atoms with E-state index in [1.54, 1.807) is 12.1 Å². The Morgan fingerprint density at radius 3 is 2.44 bits per heavy atom. The molecule has 0 bridgehead atoms. The highest BCUT2D eigenvalue weighted by Crippen LogP contribution is 2.31. The van der Waals surface area contributed by atoms with Crippen molar-refractivity contribution in [3.05, 3.63) is 59.9 Å². The lowest BCUT2D eigenvalue weighted by Gasteiger charge is -2.26. The molecule has 180 valence electrons. The van der Waals surface area contributed by atoms with Crippen molar-refractivity contribution in [3.63, 3.8) is 0 Å². The van der Waals surface area contributed by atoms with E-state index < -0.39 is 15.9 Å². The summed E-state index contributed by atoms with van der Waals surface area (Å²) in [4.78, 5) is 13.1. The predicted octanol–water partition coefficient (Wildman–Crippen LogP) is 4.86. The van der Waals surface area contributed by atoms with Crippen LogP contribution in [0.15, 0.2) is 57.9 Å². The number of aromatic nitrogens is 1. The highest BCUT2D eigenvalue weighted by Gasteiger charge is 2.27. The van der Waals surface area contributed by atoms with Gasteiger partial charge in [0.25, 0.3) is 5.91 Å². The van der Waals surface area contributed by atoms with Crippen LogP contribution in [-0.4, -0.2) is 43.0 Å². The average Bonchev–Trinajstić information content (AvgIpc) is 3.31. The number of anilines is 1. The van der Waals surface area contributed by atoms with Crippen LogP contribution in [0.4, 0.5) is 5.69 Å². The van der Waals surface area contributed by atoms with Gasteiger partial charge in [-0.05, 0) is 51.8 Å². The second-order valence-electron chi connectivity index (χ2n) is 8.69. The molecule has 9 heteroatoms. The number of carbonyl (C=O) groups excluding carboxylic acids is 1. The van der Waals surface area contributed by atoms with Crippen LogP contribution in [0.5, 0.6) is 5.75 Å². The lowest BCUT2D eigenvalue weighted by molar-refractivity contribution is 0.0987. The molecule has 0 atom stereocenters. The van der Waals surface area contributed by atoms with E-state index >= 15 is 0 Å². The van der Waals surface area contributed by atoms with E-state index in [1.807, 2.05) is 45.0 Å². The Morgan fingerprint density at radius 1 is 1.06 bits per heavy atom. The molecular formula is C25H29N3O5S. The molecule has 2 aromatic carbocycles. The molecule has 1 fully saturated rings. The van der Waals surface area contributed by atoms with Crippen LogP contribution in [0.3, 0.4) is 0 Å². The number of carbonyl (C=O) groups is 1. The van der Waals surface area contributed by atoms with Crippen LogP contribution in [0.1, 0.15) is 49.2 Å². The van der Waals surface area contributed by atoms with Crippen LogP contribution in [0.25, 0.3) is 11.3 Å². The van der Waals surface area contributed by atoms with Crippen molar-refractivity contribution >= 4 is 21.6 Å². The van der Waals surface area contributed by atoms with E-state index in [4.69, 9.17) is 9.26 Å². The predicted molar refractivity (Wildman–Crippen MR) is 129 cm³/mol. The second kappa shape index (κ2) is 9.99. The minimum Gasteiger partial charge on any atom is -0.489 e. The maximum absolute atomic E-state index is 13.2. The lowest BCUT2D eigenvalue weighted by atomic mass is 10.1. The Labute approximate surface area is 200 Å². The summed E-state index contributed by atoms with van der Waals surface area (Å²) in [7, 11) is -3.67. The van der Waals surface area contributed by atoms with Crippen LogP contribution < -0.4 is 10.1 Å². The number of aryl methyl sites for hydroxylation is 1. The molecule has 0 saturated carbocycles. The minimum atomic E-state index is -3.67. The number of hydrogen-bond donors (Lipinski definition) is 1. The van der Waals surface area contributed by atoms with Gasteiger partial charge < -0.3 is 14.6 Å². The van der Waals surface area contributed by atoms with Crippen LogP contribution in [0.2, 0.25) is 0 Å². The van der Waals surface area contributed by atoms with Crippen LogP contribution >= 0.6 is 0 Å². The Balaban J connectivity index is 1.61. The van der Waals surface area contributed by atoms with E-state index in [2.05, 4.69) is 10.5 Å². The Bertz CT molecular complexity index is 1260. The summed E-state index contributed by atoms with van der Waals surface area (Å²) >= 11 is 0. The molecular weight excluding hydrogens is 454 g/mol. The van der Waals surface area contributed by atoms with Crippen molar-refractivity contribution in [2.24, 2.45) is 0 Å². The molecule has 4 rings (SSSR count). The molecule has 2 heterocycles. The maximum Gasteiger partial charge on any atom is 0.294 e. The van der Waals surface area contributed by atoms with Gasteiger partial charge in [0.05, 0.1) is 16.7 Å². The van der Waals surface area contributed by atoms with Gasteiger partial charge in [-0.15, -0.1) is 0 Å². The van der Waals surface area contributed by atoms with Crippen molar-refractivity contribution in [2.45, 2.75) is 51.0 Å². The number of nitrogens with zero attached hydrogens (tertiary/aromatic N) is 2. The first-order valence-electron chi connectivity index (χ1n) is 11.4. The zero-order valence-electron chi connectivity index (χ0n) is 19.6. The number of rotatable bonds is 7. The first-order chi connectivity index (χ1) is 16.2. The van der Waals surface area contributed by atoms with Crippen molar-refractivity contribution in [2.75, 3.05) is 18.4 Å². The van der Waals surface area contributed by atoms with Crippen LogP contribution in [-0.2, 0) is 10.0 Å². The molecule has 0 aliphatic carbocycles. The fraction of sp³-hybridized carbons (Fsp3) is 0.360. The van der Waals surface area contributed by atoms with Gasteiger partial charge in [-0.3, -0.25) is 4.79 Å². The summed E-state index contributed by atoms with van der Waals surface area (Å²) < 4.78 is 38.9. The van der Waals surface area contributed by atoms with Gasteiger partial charge in [0, 0.05) is 24.7 Å². The first kappa shape index (κ1) is 24.0.